The van der Waals surface area contributed by atoms with Gasteiger partial charge in [0, 0.05) is 32.2 Å². The van der Waals surface area contributed by atoms with Crippen molar-refractivity contribution >= 4 is 0 Å². The minimum absolute atomic E-state index is 0.101. The molecule has 106 valence electrons. The lowest BCUT2D eigenvalue weighted by molar-refractivity contribution is -0.0337. The largest absolute Gasteiger partial charge is 0.391 e. The fourth-order valence-corrected chi connectivity index (χ4v) is 3.54. The van der Waals surface area contributed by atoms with Crippen LogP contribution in [0.5, 0.6) is 0 Å². The Kier molecular flexibility index (Phi) is 4.68. The third kappa shape index (κ3) is 3.46. The molecule has 18 heavy (non-hydrogen) atoms. The number of aliphatic hydroxyl groups is 1. The molecule has 2 rings (SSSR count). The molecule has 3 nitrogen and oxygen atoms in total. The summed E-state index contributed by atoms with van der Waals surface area (Å²) in [5, 5.41) is 10.3. The molecule has 0 spiro atoms. The van der Waals surface area contributed by atoms with Crippen molar-refractivity contribution in [2.24, 2.45) is 5.41 Å². The summed E-state index contributed by atoms with van der Waals surface area (Å²) in [5.41, 5.74) is 0.407. The average Bonchev–Trinajstić information content (AvgIpc) is 2.34. The van der Waals surface area contributed by atoms with Gasteiger partial charge in [-0.15, -0.1) is 0 Å². The van der Waals surface area contributed by atoms with Crippen LogP contribution in [0.15, 0.2) is 0 Å². The number of rotatable bonds is 3. The smallest absolute Gasteiger partial charge is 0.0695 e. The summed E-state index contributed by atoms with van der Waals surface area (Å²) in [6.07, 6.45) is 4.45. The molecular weight excluding hydrogens is 224 g/mol. The average molecular weight is 254 g/mol. The Labute approximate surface area is 112 Å². The third-order valence-electron chi connectivity index (χ3n) is 4.74. The van der Waals surface area contributed by atoms with Crippen molar-refractivity contribution in [3.8, 4) is 0 Å². The van der Waals surface area contributed by atoms with Crippen LogP contribution in [0, 0.1) is 5.41 Å². The van der Waals surface area contributed by atoms with E-state index in [9.17, 15) is 5.11 Å². The van der Waals surface area contributed by atoms with Crippen LogP contribution < -0.4 is 0 Å². The standard InChI is InChI=1S/C15H30N2O/c1-4-7-16-8-10-17(11-9-16)13-12-15(2,3)6-5-14(13)18/h13-14,18H,4-12H2,1-3H3. The van der Waals surface area contributed by atoms with E-state index in [0.717, 1.165) is 25.9 Å². The molecule has 2 aliphatic rings. The first-order valence-corrected chi connectivity index (χ1v) is 7.66. The van der Waals surface area contributed by atoms with Gasteiger partial charge in [-0.05, 0) is 37.6 Å². The molecule has 1 aliphatic heterocycles. The predicted octanol–water partition coefficient (Wildman–Crippen LogP) is 1.95. The molecule has 1 N–H and O–H groups in total. The van der Waals surface area contributed by atoms with E-state index in [0.29, 0.717) is 11.5 Å². The molecule has 0 aromatic carbocycles. The maximum atomic E-state index is 10.3. The molecule has 2 atom stereocenters. The molecular formula is C15H30N2O. The van der Waals surface area contributed by atoms with Crippen LogP contribution in [-0.2, 0) is 0 Å². The first kappa shape index (κ1) is 14.3. The summed E-state index contributed by atoms with van der Waals surface area (Å²) < 4.78 is 0. The van der Waals surface area contributed by atoms with Crippen molar-refractivity contribution in [1.82, 2.24) is 9.80 Å². The van der Waals surface area contributed by atoms with Crippen LogP contribution in [0.2, 0.25) is 0 Å². The van der Waals surface area contributed by atoms with Crippen LogP contribution in [-0.4, -0.2) is 59.8 Å². The van der Waals surface area contributed by atoms with Crippen LogP contribution in [0.3, 0.4) is 0 Å². The van der Waals surface area contributed by atoms with Gasteiger partial charge in [-0.1, -0.05) is 20.8 Å². The Balaban J connectivity index is 1.88. The van der Waals surface area contributed by atoms with E-state index < -0.39 is 0 Å². The number of hydrogen-bond donors (Lipinski definition) is 1. The fourth-order valence-electron chi connectivity index (χ4n) is 3.54. The van der Waals surface area contributed by atoms with Gasteiger partial charge in [0.1, 0.15) is 0 Å². The van der Waals surface area contributed by atoms with Gasteiger partial charge in [0.2, 0.25) is 0 Å². The van der Waals surface area contributed by atoms with Crippen molar-refractivity contribution < 1.29 is 5.11 Å². The second-order valence-electron chi connectivity index (χ2n) is 6.92. The number of nitrogens with zero attached hydrogens (tertiary/aromatic N) is 2. The monoisotopic (exact) mass is 254 g/mol. The van der Waals surface area contributed by atoms with E-state index in [2.05, 4.69) is 30.6 Å². The fraction of sp³-hybridized carbons (Fsp3) is 1.00. The molecule has 0 aromatic rings. The third-order valence-corrected chi connectivity index (χ3v) is 4.74. The zero-order valence-electron chi connectivity index (χ0n) is 12.4. The molecule has 0 radical (unpaired) electrons. The van der Waals surface area contributed by atoms with Gasteiger partial charge in [0.25, 0.3) is 0 Å². The van der Waals surface area contributed by atoms with Crippen molar-refractivity contribution in [2.45, 2.75) is 58.6 Å². The molecule has 2 unspecified atom stereocenters. The Hall–Kier alpha value is -0.120. The summed E-state index contributed by atoms with van der Waals surface area (Å²) in [6.45, 7) is 12.8. The molecule has 0 aromatic heterocycles. The molecule has 0 amide bonds. The van der Waals surface area contributed by atoms with E-state index in [1.54, 1.807) is 0 Å². The highest BCUT2D eigenvalue weighted by molar-refractivity contribution is 4.92. The minimum atomic E-state index is -0.101. The maximum Gasteiger partial charge on any atom is 0.0695 e. The SMILES string of the molecule is CCCN1CCN(C2CC(C)(C)CCC2O)CC1. The first-order valence-electron chi connectivity index (χ1n) is 7.66. The van der Waals surface area contributed by atoms with E-state index in [1.165, 1.54) is 32.5 Å². The van der Waals surface area contributed by atoms with Crippen LogP contribution in [0.25, 0.3) is 0 Å². The Bertz CT molecular complexity index is 259. The summed E-state index contributed by atoms with van der Waals surface area (Å²) in [4.78, 5) is 5.09. The Morgan fingerprint density at radius 1 is 1.17 bits per heavy atom. The van der Waals surface area contributed by atoms with Crippen molar-refractivity contribution in [3.05, 3.63) is 0 Å². The van der Waals surface area contributed by atoms with E-state index in [1.807, 2.05) is 0 Å². The highest BCUT2D eigenvalue weighted by Crippen LogP contribution is 2.37. The van der Waals surface area contributed by atoms with Crippen LogP contribution in [0.4, 0.5) is 0 Å². The van der Waals surface area contributed by atoms with Gasteiger partial charge in [-0.3, -0.25) is 4.90 Å². The van der Waals surface area contributed by atoms with Gasteiger partial charge < -0.3 is 10.0 Å². The molecule has 1 aliphatic carbocycles. The molecule has 3 heteroatoms. The van der Waals surface area contributed by atoms with Gasteiger partial charge in [-0.2, -0.15) is 0 Å². The molecule has 2 fully saturated rings. The van der Waals surface area contributed by atoms with Gasteiger partial charge in [-0.25, -0.2) is 0 Å². The number of piperazine rings is 1. The van der Waals surface area contributed by atoms with Crippen LogP contribution >= 0.6 is 0 Å². The zero-order chi connectivity index (χ0) is 13.2. The molecule has 0 bridgehead atoms. The second kappa shape index (κ2) is 5.89. The quantitative estimate of drug-likeness (QED) is 0.834. The second-order valence-corrected chi connectivity index (χ2v) is 6.92. The lowest BCUT2D eigenvalue weighted by Crippen LogP contribution is -2.56. The van der Waals surface area contributed by atoms with Crippen molar-refractivity contribution in [3.63, 3.8) is 0 Å². The summed E-state index contributed by atoms with van der Waals surface area (Å²) in [6, 6.07) is 0.400. The number of aliphatic hydroxyl groups excluding tert-OH is 1. The van der Waals surface area contributed by atoms with E-state index in [4.69, 9.17) is 0 Å². The molecule has 1 saturated carbocycles. The molecule has 1 saturated heterocycles. The highest BCUT2D eigenvalue weighted by Gasteiger charge is 2.37. The van der Waals surface area contributed by atoms with Crippen molar-refractivity contribution in [2.75, 3.05) is 32.7 Å². The predicted molar refractivity (Wildman–Crippen MR) is 75.7 cm³/mol. The summed E-state index contributed by atoms with van der Waals surface area (Å²) in [5.74, 6) is 0. The van der Waals surface area contributed by atoms with Gasteiger partial charge in [0.05, 0.1) is 6.10 Å². The maximum absolute atomic E-state index is 10.3. The number of hydrogen-bond acceptors (Lipinski definition) is 3. The first-order chi connectivity index (χ1) is 8.52. The molecule has 1 heterocycles. The van der Waals surface area contributed by atoms with Crippen LogP contribution in [0.1, 0.15) is 46.5 Å². The summed E-state index contributed by atoms with van der Waals surface area (Å²) in [7, 11) is 0. The van der Waals surface area contributed by atoms with E-state index >= 15 is 0 Å². The lowest BCUT2D eigenvalue weighted by Gasteiger charge is -2.46. The normalized spacial score (nSPS) is 34.7. The Morgan fingerprint density at radius 2 is 1.83 bits per heavy atom. The minimum Gasteiger partial charge on any atom is -0.391 e. The summed E-state index contributed by atoms with van der Waals surface area (Å²) >= 11 is 0. The van der Waals surface area contributed by atoms with Gasteiger partial charge >= 0.3 is 0 Å². The van der Waals surface area contributed by atoms with Gasteiger partial charge in [0.15, 0.2) is 0 Å². The zero-order valence-corrected chi connectivity index (χ0v) is 12.4. The highest BCUT2D eigenvalue weighted by atomic mass is 16.3. The van der Waals surface area contributed by atoms with E-state index in [-0.39, 0.29) is 6.10 Å². The topological polar surface area (TPSA) is 26.7 Å². The van der Waals surface area contributed by atoms with Crippen molar-refractivity contribution in [1.29, 1.82) is 0 Å². The Morgan fingerprint density at radius 3 is 2.44 bits per heavy atom. The lowest BCUT2D eigenvalue weighted by atomic mass is 9.73.